The van der Waals surface area contributed by atoms with Crippen molar-refractivity contribution in [3.63, 3.8) is 0 Å². The van der Waals surface area contributed by atoms with Gasteiger partial charge >= 0.3 is 5.97 Å². The molecule has 1 rings (SSSR count). The number of sulfonamides is 1. The average Bonchev–Trinajstić information content (AvgIpc) is 2.53. The van der Waals surface area contributed by atoms with E-state index in [2.05, 4.69) is 5.32 Å². The van der Waals surface area contributed by atoms with E-state index in [0.717, 1.165) is 23.2 Å². The molecule has 0 saturated heterocycles. The van der Waals surface area contributed by atoms with Gasteiger partial charge in [0.05, 0.1) is 15.5 Å². The van der Waals surface area contributed by atoms with Crippen molar-refractivity contribution >= 4 is 33.5 Å². The summed E-state index contributed by atoms with van der Waals surface area (Å²) < 4.78 is 30.1. The second-order valence-corrected chi connectivity index (χ2v) is 7.77. The second-order valence-electron chi connectivity index (χ2n) is 5.21. The van der Waals surface area contributed by atoms with Crippen LogP contribution in [0.1, 0.15) is 30.1 Å². The van der Waals surface area contributed by atoms with Crippen LogP contribution in [-0.4, -0.2) is 51.8 Å². The van der Waals surface area contributed by atoms with E-state index in [1.54, 1.807) is 0 Å². The van der Waals surface area contributed by atoms with Crippen LogP contribution in [0.15, 0.2) is 23.1 Å². The Morgan fingerprint density at radius 1 is 1.29 bits per heavy atom. The Morgan fingerprint density at radius 2 is 1.96 bits per heavy atom. The van der Waals surface area contributed by atoms with E-state index >= 15 is 0 Å². The Bertz CT molecular complexity index is 704. The monoisotopic (exact) mass is 376 g/mol. The summed E-state index contributed by atoms with van der Waals surface area (Å²) in [5.74, 6) is -1.29. The Balaban J connectivity index is 2.82. The van der Waals surface area contributed by atoms with Crippen molar-refractivity contribution in [2.75, 3.05) is 27.2 Å². The van der Waals surface area contributed by atoms with Crippen LogP contribution < -0.4 is 5.32 Å². The molecule has 0 fully saturated rings. The maximum atomic E-state index is 12.1. The first-order valence-electron chi connectivity index (χ1n) is 7.36. The molecule has 0 saturated carbocycles. The van der Waals surface area contributed by atoms with E-state index in [9.17, 15) is 18.0 Å². The van der Waals surface area contributed by atoms with Crippen LogP contribution in [0.5, 0.6) is 0 Å². The first kappa shape index (κ1) is 20.4. The van der Waals surface area contributed by atoms with Gasteiger partial charge in [-0.25, -0.2) is 17.5 Å². The highest BCUT2D eigenvalue weighted by molar-refractivity contribution is 7.89. The molecule has 0 bridgehead atoms. The summed E-state index contributed by atoms with van der Waals surface area (Å²) in [5, 5.41) is 2.65. The number of halogens is 1. The van der Waals surface area contributed by atoms with Gasteiger partial charge in [-0.3, -0.25) is 4.79 Å². The van der Waals surface area contributed by atoms with Gasteiger partial charge < -0.3 is 10.1 Å². The Labute approximate surface area is 147 Å². The van der Waals surface area contributed by atoms with Gasteiger partial charge in [0, 0.05) is 20.6 Å². The normalized spacial score (nSPS) is 11.4. The lowest BCUT2D eigenvalue weighted by Crippen LogP contribution is -2.29. The average molecular weight is 377 g/mol. The summed E-state index contributed by atoms with van der Waals surface area (Å²) >= 11 is 5.93. The molecule has 1 N–H and O–H groups in total. The zero-order chi connectivity index (χ0) is 18.3. The SMILES string of the molecule is CCCCNC(=O)COC(=O)c1cc(S(=O)(=O)N(C)C)ccc1Cl. The highest BCUT2D eigenvalue weighted by atomic mass is 35.5. The lowest BCUT2D eigenvalue weighted by molar-refractivity contribution is -0.124. The molecular weight excluding hydrogens is 356 g/mol. The number of unbranched alkanes of at least 4 members (excludes halogenated alkanes) is 1. The van der Waals surface area contributed by atoms with E-state index in [-0.39, 0.29) is 15.5 Å². The number of hydrogen-bond donors (Lipinski definition) is 1. The topological polar surface area (TPSA) is 92.8 Å². The number of ether oxygens (including phenoxy) is 1. The fraction of sp³-hybridized carbons (Fsp3) is 0.467. The van der Waals surface area contributed by atoms with Gasteiger partial charge in [-0.1, -0.05) is 24.9 Å². The molecule has 7 nitrogen and oxygen atoms in total. The van der Waals surface area contributed by atoms with Crippen LogP contribution in [0.4, 0.5) is 0 Å². The van der Waals surface area contributed by atoms with Crippen LogP contribution in [0.25, 0.3) is 0 Å². The maximum absolute atomic E-state index is 12.1. The van der Waals surface area contributed by atoms with Crippen molar-refractivity contribution in [2.45, 2.75) is 24.7 Å². The molecule has 0 radical (unpaired) electrons. The van der Waals surface area contributed by atoms with Crippen LogP contribution in [-0.2, 0) is 19.6 Å². The van der Waals surface area contributed by atoms with Gasteiger partial charge in [-0.15, -0.1) is 0 Å². The predicted molar refractivity (Wildman–Crippen MR) is 90.5 cm³/mol. The molecule has 0 aliphatic carbocycles. The maximum Gasteiger partial charge on any atom is 0.340 e. The number of amides is 1. The molecular formula is C15H21ClN2O5S. The van der Waals surface area contributed by atoms with E-state index in [1.165, 1.54) is 26.2 Å². The number of benzene rings is 1. The van der Waals surface area contributed by atoms with E-state index < -0.39 is 28.5 Å². The number of esters is 1. The summed E-state index contributed by atoms with van der Waals surface area (Å²) in [7, 11) is -0.953. The number of hydrogen-bond acceptors (Lipinski definition) is 5. The van der Waals surface area contributed by atoms with Crippen molar-refractivity contribution in [1.29, 1.82) is 0 Å². The van der Waals surface area contributed by atoms with Gasteiger partial charge in [-0.2, -0.15) is 0 Å². The third kappa shape index (κ3) is 5.47. The van der Waals surface area contributed by atoms with Crippen LogP contribution in [0.2, 0.25) is 5.02 Å². The van der Waals surface area contributed by atoms with Gasteiger partial charge in [0.25, 0.3) is 5.91 Å². The molecule has 1 aromatic rings. The first-order chi connectivity index (χ1) is 11.2. The van der Waals surface area contributed by atoms with Crippen LogP contribution in [0, 0.1) is 0 Å². The fourth-order valence-corrected chi connectivity index (χ4v) is 2.82. The third-order valence-corrected chi connectivity index (χ3v) is 5.26. The zero-order valence-electron chi connectivity index (χ0n) is 13.8. The summed E-state index contributed by atoms with van der Waals surface area (Å²) in [6.07, 6.45) is 1.76. The Kier molecular flexibility index (Phi) is 7.65. The van der Waals surface area contributed by atoms with E-state index in [0.29, 0.717) is 6.54 Å². The summed E-state index contributed by atoms with van der Waals surface area (Å²) in [6, 6.07) is 3.73. The molecule has 1 aromatic carbocycles. The minimum atomic E-state index is -3.71. The predicted octanol–water partition coefficient (Wildman–Crippen LogP) is 1.66. The number of rotatable bonds is 8. The molecule has 0 heterocycles. The molecule has 0 aliphatic heterocycles. The quantitative estimate of drug-likeness (QED) is 0.550. The molecule has 0 aromatic heterocycles. The molecule has 1 amide bonds. The van der Waals surface area contributed by atoms with Gasteiger partial charge in [0.15, 0.2) is 6.61 Å². The van der Waals surface area contributed by atoms with Crippen molar-refractivity contribution in [3.8, 4) is 0 Å². The highest BCUT2D eigenvalue weighted by Crippen LogP contribution is 2.22. The fourth-order valence-electron chi connectivity index (χ4n) is 1.70. The summed E-state index contributed by atoms with van der Waals surface area (Å²) in [4.78, 5) is 23.5. The van der Waals surface area contributed by atoms with E-state index in [4.69, 9.17) is 16.3 Å². The molecule has 0 spiro atoms. The number of carbonyl (C=O) groups is 2. The van der Waals surface area contributed by atoms with Crippen molar-refractivity contribution < 1.29 is 22.7 Å². The van der Waals surface area contributed by atoms with Crippen LogP contribution in [0.3, 0.4) is 0 Å². The first-order valence-corrected chi connectivity index (χ1v) is 9.17. The molecule has 134 valence electrons. The largest absolute Gasteiger partial charge is 0.452 e. The number of nitrogens with zero attached hydrogens (tertiary/aromatic N) is 1. The third-order valence-electron chi connectivity index (χ3n) is 3.12. The number of carbonyl (C=O) groups excluding carboxylic acids is 2. The summed E-state index contributed by atoms with van der Waals surface area (Å²) in [6.45, 7) is 2.04. The van der Waals surface area contributed by atoms with Crippen molar-refractivity contribution in [3.05, 3.63) is 28.8 Å². The van der Waals surface area contributed by atoms with Crippen molar-refractivity contribution in [1.82, 2.24) is 9.62 Å². The lowest BCUT2D eigenvalue weighted by atomic mass is 10.2. The van der Waals surface area contributed by atoms with Gasteiger partial charge in [0.2, 0.25) is 10.0 Å². The Hall–Kier alpha value is -1.64. The minimum Gasteiger partial charge on any atom is -0.452 e. The van der Waals surface area contributed by atoms with Crippen molar-refractivity contribution in [2.24, 2.45) is 0 Å². The van der Waals surface area contributed by atoms with E-state index in [1.807, 2.05) is 6.92 Å². The number of nitrogens with one attached hydrogen (secondary N) is 1. The smallest absolute Gasteiger partial charge is 0.340 e. The Morgan fingerprint density at radius 3 is 2.54 bits per heavy atom. The van der Waals surface area contributed by atoms with Gasteiger partial charge in [-0.05, 0) is 24.6 Å². The summed E-state index contributed by atoms with van der Waals surface area (Å²) in [5.41, 5.74) is -0.110. The standard InChI is InChI=1S/C15H21ClN2O5S/c1-4-5-8-17-14(19)10-23-15(20)12-9-11(6-7-13(12)16)24(21,22)18(2)3/h6-7,9H,4-5,8,10H2,1-3H3,(H,17,19). The molecule has 0 unspecified atom stereocenters. The minimum absolute atomic E-state index is 0.0455. The van der Waals surface area contributed by atoms with Crippen LogP contribution >= 0.6 is 11.6 Å². The lowest BCUT2D eigenvalue weighted by Gasteiger charge is -2.13. The zero-order valence-corrected chi connectivity index (χ0v) is 15.4. The molecule has 9 heteroatoms. The highest BCUT2D eigenvalue weighted by Gasteiger charge is 2.21. The molecule has 24 heavy (non-hydrogen) atoms. The molecule has 0 atom stereocenters. The second kappa shape index (κ2) is 9.00. The van der Waals surface area contributed by atoms with Gasteiger partial charge in [0.1, 0.15) is 0 Å². The molecule has 0 aliphatic rings.